The largest absolute Gasteiger partial charge is 0.396 e. The van der Waals surface area contributed by atoms with Crippen molar-refractivity contribution < 1.29 is 9.90 Å². The van der Waals surface area contributed by atoms with Gasteiger partial charge in [0.25, 0.3) is 0 Å². The number of nitrogens with two attached hydrogens (primary N) is 1. The topological polar surface area (TPSA) is 75.4 Å². The van der Waals surface area contributed by atoms with Crippen molar-refractivity contribution >= 4 is 5.91 Å². The zero-order valence-electron chi connectivity index (χ0n) is 8.33. The number of rotatable bonds is 3. The zero-order chi connectivity index (χ0) is 10.2. The molecular weight excluding hydrogens is 180 g/mol. The van der Waals surface area contributed by atoms with E-state index in [2.05, 4.69) is 5.32 Å². The molecule has 2 aliphatic carbocycles. The molecule has 0 aromatic heterocycles. The van der Waals surface area contributed by atoms with E-state index in [9.17, 15) is 4.79 Å². The van der Waals surface area contributed by atoms with E-state index in [1.165, 1.54) is 0 Å². The molecule has 1 amide bonds. The van der Waals surface area contributed by atoms with E-state index >= 15 is 0 Å². The smallest absolute Gasteiger partial charge is 0.240 e. The first-order valence-corrected chi connectivity index (χ1v) is 5.36. The first kappa shape index (κ1) is 9.93. The summed E-state index contributed by atoms with van der Waals surface area (Å²) >= 11 is 0. The highest BCUT2D eigenvalue weighted by molar-refractivity contribution is 5.89. The van der Waals surface area contributed by atoms with Crippen LogP contribution in [-0.2, 0) is 4.79 Å². The molecule has 80 valence electrons. The highest BCUT2D eigenvalue weighted by Crippen LogP contribution is 2.33. The fourth-order valence-electron chi connectivity index (χ4n) is 2.12. The molecule has 4 N–H and O–H groups in total. The van der Waals surface area contributed by atoms with Crippen molar-refractivity contribution in [1.82, 2.24) is 5.32 Å². The Morgan fingerprint density at radius 1 is 1.50 bits per heavy atom. The van der Waals surface area contributed by atoms with Crippen LogP contribution in [0.25, 0.3) is 0 Å². The highest BCUT2D eigenvalue weighted by atomic mass is 16.3. The molecule has 0 heterocycles. The lowest BCUT2D eigenvalue weighted by Crippen LogP contribution is -2.48. The standard InChI is InChI=1S/C10H18N2O2/c11-10(4-5-10)9(14)12-8-3-1-2-7(8)6-13/h7-8,13H,1-6,11H2,(H,12,14). The Balaban J connectivity index is 1.87. The Morgan fingerprint density at radius 2 is 2.21 bits per heavy atom. The number of carbonyl (C=O) groups excluding carboxylic acids is 1. The van der Waals surface area contributed by atoms with Crippen LogP contribution in [0.1, 0.15) is 32.1 Å². The van der Waals surface area contributed by atoms with Gasteiger partial charge in [-0.25, -0.2) is 0 Å². The van der Waals surface area contributed by atoms with Gasteiger partial charge < -0.3 is 16.2 Å². The minimum atomic E-state index is -0.581. The predicted molar refractivity (Wildman–Crippen MR) is 52.5 cm³/mol. The van der Waals surface area contributed by atoms with E-state index in [1.807, 2.05) is 0 Å². The Bertz CT molecular complexity index is 238. The van der Waals surface area contributed by atoms with Gasteiger partial charge >= 0.3 is 0 Å². The number of amides is 1. The molecule has 0 saturated heterocycles. The van der Waals surface area contributed by atoms with Crippen molar-refractivity contribution in [2.24, 2.45) is 11.7 Å². The van der Waals surface area contributed by atoms with E-state index in [0.29, 0.717) is 0 Å². The minimum Gasteiger partial charge on any atom is -0.396 e. The molecule has 2 aliphatic rings. The third-order valence-corrected chi connectivity index (χ3v) is 3.45. The summed E-state index contributed by atoms with van der Waals surface area (Å²) in [6.45, 7) is 0.169. The van der Waals surface area contributed by atoms with Gasteiger partial charge in [0.15, 0.2) is 0 Å². The van der Waals surface area contributed by atoms with Gasteiger partial charge in [0.2, 0.25) is 5.91 Å². The number of hydrogen-bond acceptors (Lipinski definition) is 3. The Morgan fingerprint density at radius 3 is 2.79 bits per heavy atom. The maximum atomic E-state index is 11.6. The van der Waals surface area contributed by atoms with Crippen LogP contribution >= 0.6 is 0 Å². The molecule has 2 unspecified atom stereocenters. The van der Waals surface area contributed by atoms with Gasteiger partial charge in [0, 0.05) is 18.6 Å². The van der Waals surface area contributed by atoms with Crippen LogP contribution in [0.2, 0.25) is 0 Å². The molecule has 14 heavy (non-hydrogen) atoms. The maximum absolute atomic E-state index is 11.6. The average Bonchev–Trinajstić information content (AvgIpc) is 2.78. The van der Waals surface area contributed by atoms with E-state index in [4.69, 9.17) is 10.8 Å². The summed E-state index contributed by atoms with van der Waals surface area (Å²) < 4.78 is 0. The van der Waals surface area contributed by atoms with Gasteiger partial charge in [-0.2, -0.15) is 0 Å². The normalized spacial score (nSPS) is 34.1. The van der Waals surface area contributed by atoms with Crippen molar-refractivity contribution in [2.45, 2.75) is 43.7 Å². The molecule has 2 saturated carbocycles. The van der Waals surface area contributed by atoms with Crippen molar-refractivity contribution in [3.8, 4) is 0 Å². The maximum Gasteiger partial charge on any atom is 0.240 e. The molecule has 0 radical (unpaired) electrons. The molecule has 4 heteroatoms. The summed E-state index contributed by atoms with van der Waals surface area (Å²) in [4.78, 5) is 11.6. The van der Waals surface area contributed by atoms with Crippen molar-refractivity contribution in [3.05, 3.63) is 0 Å². The molecule has 0 spiro atoms. The van der Waals surface area contributed by atoms with Crippen LogP contribution < -0.4 is 11.1 Å². The van der Waals surface area contributed by atoms with E-state index < -0.39 is 5.54 Å². The van der Waals surface area contributed by atoms with E-state index in [0.717, 1.165) is 32.1 Å². The number of aliphatic hydroxyl groups excluding tert-OH is 1. The molecule has 0 aromatic rings. The SMILES string of the molecule is NC1(C(=O)NC2CCCC2CO)CC1. The van der Waals surface area contributed by atoms with Gasteiger partial charge in [-0.3, -0.25) is 4.79 Å². The lowest BCUT2D eigenvalue weighted by Gasteiger charge is -2.21. The quantitative estimate of drug-likeness (QED) is 0.585. The fraction of sp³-hybridized carbons (Fsp3) is 0.900. The van der Waals surface area contributed by atoms with Crippen LogP contribution in [0.5, 0.6) is 0 Å². The summed E-state index contributed by atoms with van der Waals surface area (Å²) in [7, 11) is 0. The van der Waals surface area contributed by atoms with Gasteiger partial charge in [-0.05, 0) is 25.7 Å². The molecule has 0 aromatic carbocycles. The minimum absolute atomic E-state index is 0.0251. The Hall–Kier alpha value is -0.610. The van der Waals surface area contributed by atoms with Crippen LogP contribution in [-0.4, -0.2) is 29.2 Å². The third-order valence-electron chi connectivity index (χ3n) is 3.45. The lowest BCUT2D eigenvalue weighted by atomic mass is 10.0. The summed E-state index contributed by atoms with van der Waals surface area (Å²) in [5.74, 6) is 0.212. The molecular formula is C10H18N2O2. The van der Waals surface area contributed by atoms with Gasteiger partial charge in [0.05, 0.1) is 5.54 Å². The van der Waals surface area contributed by atoms with Crippen LogP contribution in [0.15, 0.2) is 0 Å². The highest BCUT2D eigenvalue weighted by Gasteiger charge is 2.47. The lowest BCUT2D eigenvalue weighted by molar-refractivity contribution is -0.124. The van der Waals surface area contributed by atoms with Crippen LogP contribution in [0.4, 0.5) is 0 Å². The average molecular weight is 198 g/mol. The van der Waals surface area contributed by atoms with Gasteiger partial charge in [-0.15, -0.1) is 0 Å². The molecule has 4 nitrogen and oxygen atoms in total. The number of nitrogens with one attached hydrogen (secondary N) is 1. The molecule has 2 atom stereocenters. The monoisotopic (exact) mass is 198 g/mol. The Kier molecular flexibility index (Phi) is 2.49. The van der Waals surface area contributed by atoms with Crippen molar-refractivity contribution in [1.29, 1.82) is 0 Å². The first-order valence-electron chi connectivity index (χ1n) is 5.36. The second kappa shape index (κ2) is 3.51. The predicted octanol–water partition coefficient (Wildman–Crippen LogP) is -0.245. The number of aliphatic hydroxyl groups is 1. The number of hydrogen-bond donors (Lipinski definition) is 3. The zero-order valence-corrected chi connectivity index (χ0v) is 8.33. The first-order chi connectivity index (χ1) is 6.65. The second-order valence-corrected chi connectivity index (χ2v) is 4.61. The van der Waals surface area contributed by atoms with Crippen LogP contribution in [0.3, 0.4) is 0 Å². The molecule has 2 rings (SSSR count). The second-order valence-electron chi connectivity index (χ2n) is 4.61. The van der Waals surface area contributed by atoms with Gasteiger partial charge in [-0.1, -0.05) is 6.42 Å². The number of carbonyl (C=O) groups is 1. The van der Waals surface area contributed by atoms with Crippen molar-refractivity contribution in [3.63, 3.8) is 0 Å². The fourth-order valence-corrected chi connectivity index (χ4v) is 2.12. The van der Waals surface area contributed by atoms with E-state index in [-0.39, 0.29) is 24.5 Å². The van der Waals surface area contributed by atoms with E-state index in [1.54, 1.807) is 0 Å². The third kappa shape index (κ3) is 1.77. The molecule has 2 fully saturated rings. The summed E-state index contributed by atoms with van der Waals surface area (Å²) in [6, 6.07) is 0.147. The Labute approximate surface area is 83.9 Å². The summed E-state index contributed by atoms with van der Waals surface area (Å²) in [5.41, 5.74) is 5.20. The van der Waals surface area contributed by atoms with Crippen molar-refractivity contribution in [2.75, 3.05) is 6.61 Å². The summed E-state index contributed by atoms with van der Waals surface area (Å²) in [6.07, 6.45) is 4.69. The molecule has 0 bridgehead atoms. The summed E-state index contributed by atoms with van der Waals surface area (Å²) in [5, 5.41) is 12.0. The van der Waals surface area contributed by atoms with Crippen LogP contribution in [0, 0.1) is 5.92 Å². The molecule has 0 aliphatic heterocycles. The van der Waals surface area contributed by atoms with Gasteiger partial charge in [0.1, 0.15) is 0 Å².